The Morgan fingerprint density at radius 1 is 0.861 bits per heavy atom. The molecule has 0 aliphatic rings. The molecule has 0 saturated carbocycles. The van der Waals surface area contributed by atoms with Crippen LogP contribution in [-0.2, 0) is 0 Å². The van der Waals surface area contributed by atoms with E-state index >= 15 is 0 Å². The highest BCUT2D eigenvalue weighted by atomic mass is 16.5. The van der Waals surface area contributed by atoms with E-state index in [0.717, 1.165) is 46.2 Å². The van der Waals surface area contributed by atoms with Crippen LogP contribution in [0.15, 0.2) is 97.5 Å². The van der Waals surface area contributed by atoms with E-state index < -0.39 is 0 Å². The first-order valence-corrected chi connectivity index (χ1v) is 11.8. The van der Waals surface area contributed by atoms with Crippen LogP contribution in [0.3, 0.4) is 0 Å². The third-order valence-electron chi connectivity index (χ3n) is 5.81. The van der Waals surface area contributed by atoms with E-state index in [1.54, 1.807) is 6.20 Å². The maximum Gasteiger partial charge on any atom is 0.251 e. The molecule has 1 amide bonds. The molecule has 5 aromatic rings. The lowest BCUT2D eigenvalue weighted by Gasteiger charge is -2.10. The number of nitrogens with one attached hydrogen (secondary N) is 1. The molecule has 7 heteroatoms. The van der Waals surface area contributed by atoms with Crippen molar-refractivity contribution in [2.75, 3.05) is 27.2 Å². The monoisotopic (exact) mass is 477 g/mol. The van der Waals surface area contributed by atoms with Crippen molar-refractivity contribution < 1.29 is 9.53 Å². The quantitative estimate of drug-likeness (QED) is 0.335. The largest absolute Gasteiger partial charge is 0.457 e. The van der Waals surface area contributed by atoms with E-state index in [1.807, 2.05) is 115 Å². The minimum absolute atomic E-state index is 0.0802. The van der Waals surface area contributed by atoms with E-state index in [1.165, 1.54) is 0 Å². The van der Waals surface area contributed by atoms with Gasteiger partial charge >= 0.3 is 0 Å². The fourth-order valence-electron chi connectivity index (χ4n) is 3.86. The molecular weight excluding hydrogens is 450 g/mol. The molecule has 0 atom stereocenters. The van der Waals surface area contributed by atoms with Crippen LogP contribution in [0.5, 0.6) is 11.5 Å². The minimum atomic E-state index is -0.0802. The molecule has 36 heavy (non-hydrogen) atoms. The molecule has 2 heterocycles. The number of fused-ring (bicyclic) bond motifs is 1. The summed E-state index contributed by atoms with van der Waals surface area (Å²) in [5, 5.41) is 2.94. The van der Waals surface area contributed by atoms with E-state index in [9.17, 15) is 4.79 Å². The Bertz CT molecular complexity index is 1460. The van der Waals surface area contributed by atoms with Gasteiger partial charge in [-0.1, -0.05) is 30.3 Å². The summed E-state index contributed by atoms with van der Waals surface area (Å²) in [6.07, 6.45) is 5.57. The van der Waals surface area contributed by atoms with Crippen LogP contribution in [-0.4, -0.2) is 52.4 Å². The van der Waals surface area contributed by atoms with Gasteiger partial charge in [0.1, 0.15) is 11.5 Å². The third kappa shape index (κ3) is 5.26. The zero-order valence-corrected chi connectivity index (χ0v) is 20.3. The molecule has 0 bridgehead atoms. The number of rotatable bonds is 8. The fourth-order valence-corrected chi connectivity index (χ4v) is 3.86. The lowest BCUT2D eigenvalue weighted by atomic mass is 10.1. The van der Waals surface area contributed by atoms with Gasteiger partial charge in [-0.15, -0.1) is 0 Å². The van der Waals surface area contributed by atoms with Crippen molar-refractivity contribution in [2.24, 2.45) is 0 Å². The molecule has 0 aliphatic heterocycles. The molecule has 0 spiro atoms. The molecule has 0 aliphatic carbocycles. The second-order valence-corrected chi connectivity index (χ2v) is 8.72. The predicted molar refractivity (Wildman–Crippen MR) is 141 cm³/mol. The van der Waals surface area contributed by atoms with Crippen molar-refractivity contribution in [3.05, 3.63) is 103 Å². The Balaban J connectivity index is 1.34. The highest BCUT2D eigenvalue weighted by Crippen LogP contribution is 2.27. The molecule has 7 nitrogen and oxygen atoms in total. The summed E-state index contributed by atoms with van der Waals surface area (Å²) in [6, 6.07) is 25.1. The molecule has 1 N–H and O–H groups in total. The van der Waals surface area contributed by atoms with Gasteiger partial charge in [-0.3, -0.25) is 14.2 Å². The summed E-state index contributed by atoms with van der Waals surface area (Å²) in [7, 11) is 3.96. The summed E-state index contributed by atoms with van der Waals surface area (Å²) in [5.74, 6) is 1.49. The number of aromatic nitrogens is 3. The number of benzene rings is 3. The topological polar surface area (TPSA) is 71.8 Å². The summed E-state index contributed by atoms with van der Waals surface area (Å²) in [5.41, 5.74) is 5.08. The normalized spacial score (nSPS) is 11.1. The van der Waals surface area contributed by atoms with E-state index in [-0.39, 0.29) is 5.91 Å². The zero-order chi connectivity index (χ0) is 24.9. The number of likely N-dealkylation sites (N-methyl/N-ethyl adjacent to an activating group) is 1. The van der Waals surface area contributed by atoms with Gasteiger partial charge in [0.15, 0.2) is 5.65 Å². The maximum absolute atomic E-state index is 12.4. The van der Waals surface area contributed by atoms with Crippen LogP contribution in [0.2, 0.25) is 0 Å². The number of carbonyl (C=O) groups excluding carboxylic acids is 1. The van der Waals surface area contributed by atoms with Gasteiger partial charge in [-0.05, 0) is 62.6 Å². The van der Waals surface area contributed by atoms with Crippen LogP contribution in [0, 0.1) is 0 Å². The molecule has 3 aromatic carbocycles. The molecule has 0 unspecified atom stereocenters. The Morgan fingerprint density at radius 3 is 2.28 bits per heavy atom. The number of para-hydroxylation sites is 1. The lowest BCUT2D eigenvalue weighted by Crippen LogP contribution is -2.31. The number of carbonyl (C=O) groups is 1. The van der Waals surface area contributed by atoms with Gasteiger partial charge in [0.05, 0.1) is 23.8 Å². The van der Waals surface area contributed by atoms with E-state index in [2.05, 4.69) is 15.3 Å². The number of ether oxygens (including phenoxy) is 1. The molecule has 180 valence electrons. The smallest absolute Gasteiger partial charge is 0.251 e. The molecule has 0 fully saturated rings. The van der Waals surface area contributed by atoms with Gasteiger partial charge in [0.2, 0.25) is 0 Å². The van der Waals surface area contributed by atoms with Crippen LogP contribution in [0.25, 0.3) is 28.2 Å². The van der Waals surface area contributed by atoms with Crippen molar-refractivity contribution in [3.8, 4) is 34.0 Å². The highest BCUT2D eigenvalue weighted by Gasteiger charge is 2.11. The van der Waals surface area contributed by atoms with E-state index in [4.69, 9.17) is 4.74 Å². The average Bonchev–Trinajstić information content (AvgIpc) is 3.33. The summed E-state index contributed by atoms with van der Waals surface area (Å²) >= 11 is 0. The van der Waals surface area contributed by atoms with Crippen LogP contribution >= 0.6 is 0 Å². The van der Waals surface area contributed by atoms with Crippen LogP contribution in [0.1, 0.15) is 10.4 Å². The molecule has 2 aromatic heterocycles. The predicted octanol–water partition coefficient (Wildman–Crippen LogP) is 5.15. The Morgan fingerprint density at radius 2 is 1.56 bits per heavy atom. The number of imidazole rings is 1. The van der Waals surface area contributed by atoms with Crippen molar-refractivity contribution in [1.82, 2.24) is 24.6 Å². The highest BCUT2D eigenvalue weighted by molar-refractivity contribution is 5.94. The number of amides is 1. The van der Waals surface area contributed by atoms with Crippen LogP contribution in [0.4, 0.5) is 0 Å². The number of hydrogen-bond acceptors (Lipinski definition) is 5. The SMILES string of the molecule is CN(C)CCNC(=O)c1ccc(-c2cn3c(-c4ccc(Oc5ccccc5)cc4)cnc3cn2)cc1. The maximum atomic E-state index is 12.4. The minimum Gasteiger partial charge on any atom is -0.457 e. The van der Waals surface area contributed by atoms with Crippen molar-refractivity contribution in [2.45, 2.75) is 0 Å². The van der Waals surface area contributed by atoms with Gasteiger partial charge in [0.25, 0.3) is 5.91 Å². The lowest BCUT2D eigenvalue weighted by molar-refractivity contribution is 0.0951. The number of hydrogen-bond donors (Lipinski definition) is 1. The summed E-state index contributed by atoms with van der Waals surface area (Å²) in [4.78, 5) is 23.5. The third-order valence-corrected chi connectivity index (χ3v) is 5.81. The van der Waals surface area contributed by atoms with Gasteiger partial charge < -0.3 is 15.0 Å². The van der Waals surface area contributed by atoms with Crippen molar-refractivity contribution >= 4 is 11.6 Å². The molecule has 5 rings (SSSR count). The van der Waals surface area contributed by atoms with Crippen molar-refractivity contribution in [3.63, 3.8) is 0 Å². The molecule has 0 radical (unpaired) electrons. The van der Waals surface area contributed by atoms with E-state index in [0.29, 0.717) is 12.1 Å². The second kappa shape index (κ2) is 10.4. The second-order valence-electron chi connectivity index (χ2n) is 8.72. The van der Waals surface area contributed by atoms with Gasteiger partial charge in [-0.2, -0.15) is 0 Å². The molecule has 0 saturated heterocycles. The molecular formula is C29H27N5O2. The first-order valence-electron chi connectivity index (χ1n) is 11.8. The Kier molecular flexibility index (Phi) is 6.73. The standard InChI is InChI=1S/C29H27N5O2/c1-33(2)17-16-30-29(35)23-10-8-21(9-11-23)26-20-34-27(18-32-28(34)19-31-26)22-12-14-25(15-13-22)36-24-6-4-3-5-7-24/h3-15,18-20H,16-17H2,1-2H3,(H,30,35). The van der Waals surface area contributed by atoms with Gasteiger partial charge in [0, 0.05) is 36.0 Å². The first-order chi connectivity index (χ1) is 17.6. The number of nitrogens with zero attached hydrogens (tertiary/aromatic N) is 4. The zero-order valence-electron chi connectivity index (χ0n) is 20.3. The van der Waals surface area contributed by atoms with Crippen LogP contribution < -0.4 is 10.1 Å². The Hall–Kier alpha value is -4.49. The fraction of sp³-hybridized carbons (Fsp3) is 0.138. The van der Waals surface area contributed by atoms with Crippen molar-refractivity contribution in [1.29, 1.82) is 0 Å². The summed E-state index contributed by atoms with van der Waals surface area (Å²) in [6.45, 7) is 1.40. The average molecular weight is 478 g/mol. The van der Waals surface area contributed by atoms with Gasteiger partial charge in [-0.25, -0.2) is 4.98 Å². The summed E-state index contributed by atoms with van der Waals surface area (Å²) < 4.78 is 7.94. The Labute approximate surface area is 210 Å². The first kappa shape index (κ1) is 23.3.